The van der Waals surface area contributed by atoms with E-state index in [0.717, 1.165) is 10.9 Å². The number of aromatic nitrogens is 1. The molecule has 0 bridgehead atoms. The summed E-state index contributed by atoms with van der Waals surface area (Å²) in [6.07, 6.45) is 1.61. The van der Waals surface area contributed by atoms with Gasteiger partial charge in [0.25, 0.3) is 11.7 Å². The van der Waals surface area contributed by atoms with E-state index in [1.165, 1.54) is 17.0 Å². The molecule has 1 aliphatic rings. The summed E-state index contributed by atoms with van der Waals surface area (Å²) >= 11 is 0. The van der Waals surface area contributed by atoms with E-state index in [1.54, 1.807) is 49.7 Å². The number of carboxylic acids is 1. The number of aliphatic hydroxyl groups is 1. The van der Waals surface area contributed by atoms with E-state index in [9.17, 15) is 24.6 Å². The first-order valence-corrected chi connectivity index (χ1v) is 11.2. The number of carbonyl (C=O) groups excluding carboxylic acids is 2. The molecule has 1 unspecified atom stereocenters. The van der Waals surface area contributed by atoms with E-state index >= 15 is 0 Å². The van der Waals surface area contributed by atoms with Gasteiger partial charge in [0.05, 0.1) is 24.3 Å². The Morgan fingerprint density at radius 3 is 2.33 bits per heavy atom. The standard InChI is InChI=1S/C28H22N2O6/c1-36-19-12-10-17(11-13-19)24-23(25(31)21-14-29-22-5-3-2-4-20(21)22)26(32)27(33)30(24)15-16-6-8-18(9-7-16)28(34)35/h2-14,24,29,31H,15H2,1H3,(H,34,35)/b25-23-. The van der Waals surface area contributed by atoms with E-state index in [2.05, 4.69) is 4.98 Å². The number of hydrogen-bond acceptors (Lipinski definition) is 5. The number of methoxy groups -OCH3 is 1. The van der Waals surface area contributed by atoms with Crippen molar-refractivity contribution in [2.45, 2.75) is 12.6 Å². The highest BCUT2D eigenvalue weighted by atomic mass is 16.5. The van der Waals surface area contributed by atoms with Crippen LogP contribution in [0.5, 0.6) is 5.75 Å². The topological polar surface area (TPSA) is 120 Å². The van der Waals surface area contributed by atoms with Crippen LogP contribution in [0.3, 0.4) is 0 Å². The molecule has 4 aromatic rings. The number of hydrogen-bond donors (Lipinski definition) is 3. The minimum Gasteiger partial charge on any atom is -0.507 e. The Kier molecular flexibility index (Phi) is 5.77. The van der Waals surface area contributed by atoms with Gasteiger partial charge in [-0.05, 0) is 41.5 Å². The third kappa shape index (κ3) is 3.88. The number of amides is 1. The molecular formula is C28H22N2O6. The smallest absolute Gasteiger partial charge is 0.335 e. The summed E-state index contributed by atoms with van der Waals surface area (Å²) in [6, 6.07) is 19.6. The molecule has 0 spiro atoms. The van der Waals surface area contributed by atoms with Crippen LogP contribution in [0.1, 0.15) is 33.1 Å². The van der Waals surface area contributed by atoms with Crippen molar-refractivity contribution in [1.82, 2.24) is 9.88 Å². The van der Waals surface area contributed by atoms with Crippen molar-refractivity contribution in [2.24, 2.45) is 0 Å². The molecule has 1 amide bonds. The Balaban J connectivity index is 1.63. The molecule has 2 heterocycles. The van der Waals surface area contributed by atoms with E-state index in [4.69, 9.17) is 4.74 Å². The van der Waals surface area contributed by atoms with Crippen molar-refractivity contribution in [3.63, 3.8) is 0 Å². The Hall–Kier alpha value is -4.85. The summed E-state index contributed by atoms with van der Waals surface area (Å²) in [5, 5.41) is 21.3. The van der Waals surface area contributed by atoms with Gasteiger partial charge in [-0.3, -0.25) is 9.59 Å². The van der Waals surface area contributed by atoms with Crippen molar-refractivity contribution < 1.29 is 29.3 Å². The van der Waals surface area contributed by atoms with Gasteiger partial charge in [-0.15, -0.1) is 0 Å². The lowest BCUT2D eigenvalue weighted by Crippen LogP contribution is -2.29. The summed E-state index contributed by atoms with van der Waals surface area (Å²) in [5.74, 6) is -2.26. The lowest BCUT2D eigenvalue weighted by Gasteiger charge is -2.25. The molecule has 1 fully saturated rings. The average Bonchev–Trinajstić information content (AvgIpc) is 3.44. The largest absolute Gasteiger partial charge is 0.507 e. The Bertz CT molecular complexity index is 1520. The van der Waals surface area contributed by atoms with E-state index in [0.29, 0.717) is 22.4 Å². The lowest BCUT2D eigenvalue weighted by atomic mass is 9.95. The molecule has 3 aromatic carbocycles. The van der Waals surface area contributed by atoms with Crippen molar-refractivity contribution in [1.29, 1.82) is 0 Å². The van der Waals surface area contributed by atoms with Crippen LogP contribution in [0.2, 0.25) is 0 Å². The van der Waals surface area contributed by atoms with Crippen LogP contribution >= 0.6 is 0 Å². The molecule has 0 radical (unpaired) electrons. The molecule has 1 saturated heterocycles. The number of likely N-dealkylation sites (tertiary alicyclic amines) is 1. The number of aromatic amines is 1. The molecule has 8 nitrogen and oxygen atoms in total. The zero-order valence-corrected chi connectivity index (χ0v) is 19.3. The van der Waals surface area contributed by atoms with Crippen LogP contribution in [0.15, 0.2) is 84.6 Å². The van der Waals surface area contributed by atoms with E-state index in [-0.39, 0.29) is 23.4 Å². The zero-order valence-electron chi connectivity index (χ0n) is 19.3. The average molecular weight is 482 g/mol. The Morgan fingerprint density at radius 1 is 0.972 bits per heavy atom. The zero-order chi connectivity index (χ0) is 25.4. The summed E-state index contributed by atoms with van der Waals surface area (Å²) in [4.78, 5) is 42.2. The second-order valence-corrected chi connectivity index (χ2v) is 8.45. The number of nitrogens with zero attached hydrogens (tertiary/aromatic N) is 1. The SMILES string of the molecule is COc1ccc(C2/C(=C(/O)c3c[nH]c4ccccc34)C(=O)C(=O)N2Cc2ccc(C(=O)O)cc2)cc1. The highest BCUT2D eigenvalue weighted by Crippen LogP contribution is 2.41. The molecular weight excluding hydrogens is 460 g/mol. The minimum absolute atomic E-state index is 0.0166. The monoisotopic (exact) mass is 482 g/mol. The number of nitrogens with one attached hydrogen (secondary N) is 1. The summed E-state index contributed by atoms with van der Waals surface area (Å²) in [6.45, 7) is 0.0475. The van der Waals surface area contributed by atoms with Gasteiger partial charge in [0.15, 0.2) is 0 Å². The van der Waals surface area contributed by atoms with Crippen LogP contribution < -0.4 is 4.74 Å². The molecule has 8 heteroatoms. The number of H-pyrrole nitrogens is 1. The highest BCUT2D eigenvalue weighted by Gasteiger charge is 2.46. The van der Waals surface area contributed by atoms with Gasteiger partial charge in [-0.1, -0.05) is 42.5 Å². The lowest BCUT2D eigenvalue weighted by molar-refractivity contribution is -0.140. The predicted octanol–water partition coefficient (Wildman–Crippen LogP) is 4.50. The van der Waals surface area contributed by atoms with Crippen LogP contribution in [-0.4, -0.2) is 44.9 Å². The Morgan fingerprint density at radius 2 is 1.67 bits per heavy atom. The molecule has 0 saturated carbocycles. The maximum absolute atomic E-state index is 13.3. The molecule has 0 aliphatic carbocycles. The minimum atomic E-state index is -1.06. The number of carbonyl (C=O) groups is 3. The van der Waals surface area contributed by atoms with Crippen LogP contribution in [0.25, 0.3) is 16.7 Å². The Labute approximate surface area is 206 Å². The first kappa shape index (κ1) is 22.9. The molecule has 1 aliphatic heterocycles. The number of ether oxygens (including phenoxy) is 1. The van der Waals surface area contributed by atoms with E-state index in [1.807, 2.05) is 24.3 Å². The third-order valence-electron chi connectivity index (χ3n) is 6.37. The number of aromatic carboxylic acids is 1. The summed E-state index contributed by atoms with van der Waals surface area (Å²) in [5.41, 5.74) is 2.58. The summed E-state index contributed by atoms with van der Waals surface area (Å²) in [7, 11) is 1.54. The van der Waals surface area contributed by atoms with Crippen LogP contribution in [0, 0.1) is 0 Å². The van der Waals surface area contributed by atoms with Gasteiger partial charge in [-0.25, -0.2) is 4.79 Å². The van der Waals surface area contributed by atoms with Crippen LogP contribution in [-0.2, 0) is 16.1 Å². The molecule has 1 aromatic heterocycles. The third-order valence-corrected chi connectivity index (χ3v) is 6.37. The molecule has 180 valence electrons. The normalized spacial score (nSPS) is 17.0. The second-order valence-electron chi connectivity index (χ2n) is 8.45. The number of para-hydroxylation sites is 1. The molecule has 1 atom stereocenters. The second kappa shape index (κ2) is 9.07. The van der Waals surface area contributed by atoms with Gasteiger partial charge in [0.2, 0.25) is 0 Å². The maximum atomic E-state index is 13.3. The van der Waals surface area contributed by atoms with Gasteiger partial charge in [0, 0.05) is 29.2 Å². The maximum Gasteiger partial charge on any atom is 0.335 e. The van der Waals surface area contributed by atoms with Crippen molar-refractivity contribution in [2.75, 3.05) is 7.11 Å². The van der Waals surface area contributed by atoms with Gasteiger partial charge in [-0.2, -0.15) is 0 Å². The first-order valence-electron chi connectivity index (χ1n) is 11.2. The predicted molar refractivity (Wildman–Crippen MR) is 133 cm³/mol. The number of carboxylic acid groups (broad SMARTS) is 1. The van der Waals surface area contributed by atoms with Gasteiger partial charge >= 0.3 is 5.97 Å². The fraction of sp³-hybridized carbons (Fsp3) is 0.107. The quantitative estimate of drug-likeness (QED) is 0.212. The number of rotatable bonds is 6. The van der Waals surface area contributed by atoms with Gasteiger partial charge in [0.1, 0.15) is 11.5 Å². The van der Waals surface area contributed by atoms with Gasteiger partial charge < -0.3 is 24.8 Å². The number of benzene rings is 3. The number of ketones is 1. The first-order chi connectivity index (χ1) is 17.4. The van der Waals surface area contributed by atoms with E-state index < -0.39 is 23.7 Å². The molecule has 3 N–H and O–H groups in total. The number of aliphatic hydroxyl groups excluding tert-OH is 1. The summed E-state index contributed by atoms with van der Waals surface area (Å²) < 4.78 is 5.25. The molecule has 5 rings (SSSR count). The number of fused-ring (bicyclic) bond motifs is 1. The van der Waals surface area contributed by atoms with Crippen LogP contribution in [0.4, 0.5) is 0 Å². The van der Waals surface area contributed by atoms with Crippen molar-refractivity contribution >= 4 is 34.3 Å². The molecule has 36 heavy (non-hydrogen) atoms. The highest BCUT2D eigenvalue weighted by molar-refractivity contribution is 6.46. The fourth-order valence-electron chi connectivity index (χ4n) is 4.54. The number of Topliss-reactive ketones (excluding diaryl/α,β-unsaturated/α-hetero) is 1. The fourth-order valence-corrected chi connectivity index (χ4v) is 4.54. The van der Waals surface area contributed by atoms with Crippen molar-refractivity contribution in [3.8, 4) is 5.75 Å². The van der Waals surface area contributed by atoms with Crippen molar-refractivity contribution in [3.05, 3.63) is 107 Å².